The summed E-state index contributed by atoms with van der Waals surface area (Å²) in [4.78, 5) is 24.4. The van der Waals surface area contributed by atoms with Crippen molar-refractivity contribution in [1.29, 1.82) is 0 Å². The minimum Gasteiger partial charge on any atom is -0.478 e. The standard InChI is InChI=1S/C23H18BrNO4S/c24-12-14-5-7-15(8-6-14)18-13-30-22(21(18)23(27)28)25-20(26)10-9-17-11-16-3-1-2-4-19(16)29-17/h1-8,11,13H,9-10,12H2,(H,25,26)(H,27,28). The van der Waals surface area contributed by atoms with Crippen molar-refractivity contribution in [3.63, 3.8) is 0 Å². The zero-order valence-electron chi connectivity index (χ0n) is 15.9. The second-order valence-electron chi connectivity index (χ2n) is 6.79. The maximum absolute atomic E-state index is 12.5. The van der Waals surface area contributed by atoms with E-state index in [9.17, 15) is 14.7 Å². The van der Waals surface area contributed by atoms with Crippen LogP contribution in [-0.4, -0.2) is 17.0 Å². The lowest BCUT2D eigenvalue weighted by Crippen LogP contribution is -2.13. The topological polar surface area (TPSA) is 79.5 Å². The van der Waals surface area contributed by atoms with Crippen molar-refractivity contribution in [2.24, 2.45) is 0 Å². The van der Waals surface area contributed by atoms with Crippen LogP contribution in [0.1, 0.15) is 28.1 Å². The Labute approximate surface area is 185 Å². The lowest BCUT2D eigenvalue weighted by Gasteiger charge is -2.06. The molecule has 0 aliphatic heterocycles. The number of carbonyl (C=O) groups is 2. The first-order chi connectivity index (χ1) is 14.5. The third kappa shape index (κ3) is 4.32. The highest BCUT2D eigenvalue weighted by Gasteiger charge is 2.21. The Morgan fingerprint density at radius 2 is 1.87 bits per heavy atom. The van der Waals surface area contributed by atoms with Gasteiger partial charge in [-0.1, -0.05) is 58.4 Å². The van der Waals surface area contributed by atoms with E-state index in [1.165, 1.54) is 11.3 Å². The van der Waals surface area contributed by atoms with Crippen LogP contribution in [0.5, 0.6) is 0 Å². The van der Waals surface area contributed by atoms with Gasteiger partial charge in [0.1, 0.15) is 21.9 Å². The fourth-order valence-corrected chi connectivity index (χ4v) is 4.59. The van der Waals surface area contributed by atoms with Gasteiger partial charge < -0.3 is 14.8 Å². The van der Waals surface area contributed by atoms with Gasteiger partial charge in [0.05, 0.1) is 0 Å². The molecule has 0 unspecified atom stereocenters. The highest BCUT2D eigenvalue weighted by Crippen LogP contribution is 2.36. The van der Waals surface area contributed by atoms with Gasteiger partial charge in [0.15, 0.2) is 0 Å². The van der Waals surface area contributed by atoms with E-state index in [1.54, 1.807) is 5.38 Å². The summed E-state index contributed by atoms with van der Waals surface area (Å²) in [5.74, 6) is -0.590. The van der Waals surface area contributed by atoms with E-state index >= 15 is 0 Å². The predicted molar refractivity (Wildman–Crippen MR) is 123 cm³/mol. The molecule has 0 aliphatic carbocycles. The third-order valence-electron chi connectivity index (χ3n) is 4.75. The molecule has 4 aromatic rings. The molecule has 2 heterocycles. The number of carbonyl (C=O) groups excluding carboxylic acids is 1. The van der Waals surface area contributed by atoms with Crippen molar-refractivity contribution in [3.8, 4) is 11.1 Å². The molecule has 5 nitrogen and oxygen atoms in total. The van der Waals surface area contributed by atoms with Gasteiger partial charge in [-0.15, -0.1) is 11.3 Å². The maximum atomic E-state index is 12.5. The molecule has 7 heteroatoms. The number of amides is 1. The molecule has 2 aromatic carbocycles. The molecular formula is C23H18BrNO4S. The molecule has 1 amide bonds. The maximum Gasteiger partial charge on any atom is 0.339 e. The van der Waals surface area contributed by atoms with Crippen molar-refractivity contribution in [2.45, 2.75) is 18.2 Å². The number of hydrogen-bond donors (Lipinski definition) is 2. The zero-order chi connectivity index (χ0) is 21.1. The van der Waals surface area contributed by atoms with Gasteiger partial charge >= 0.3 is 5.97 Å². The number of carboxylic acid groups (broad SMARTS) is 1. The first-order valence-corrected chi connectivity index (χ1v) is 11.3. The summed E-state index contributed by atoms with van der Waals surface area (Å²) in [6.07, 6.45) is 0.640. The number of halogens is 1. The fourth-order valence-electron chi connectivity index (χ4n) is 3.23. The number of para-hydroxylation sites is 1. The van der Waals surface area contributed by atoms with Crippen LogP contribution in [0.2, 0.25) is 0 Å². The van der Waals surface area contributed by atoms with Gasteiger partial charge in [0.2, 0.25) is 5.91 Å². The highest BCUT2D eigenvalue weighted by atomic mass is 79.9. The van der Waals surface area contributed by atoms with Crippen LogP contribution in [0.3, 0.4) is 0 Å². The number of aromatic carboxylic acids is 1. The van der Waals surface area contributed by atoms with Crippen molar-refractivity contribution in [3.05, 3.63) is 76.9 Å². The summed E-state index contributed by atoms with van der Waals surface area (Å²) in [6.45, 7) is 0. The lowest BCUT2D eigenvalue weighted by molar-refractivity contribution is -0.116. The average Bonchev–Trinajstić information content (AvgIpc) is 3.36. The van der Waals surface area contributed by atoms with Crippen molar-refractivity contribution in [1.82, 2.24) is 0 Å². The van der Waals surface area contributed by atoms with E-state index in [4.69, 9.17) is 4.42 Å². The molecule has 0 aliphatic rings. The SMILES string of the molecule is O=C(CCc1cc2ccccc2o1)Nc1scc(-c2ccc(CBr)cc2)c1C(=O)O. The molecule has 2 N–H and O–H groups in total. The largest absolute Gasteiger partial charge is 0.478 e. The Bertz CT molecular complexity index is 1180. The van der Waals surface area contributed by atoms with Crippen LogP contribution in [0, 0.1) is 0 Å². The first kappa shape index (κ1) is 20.4. The van der Waals surface area contributed by atoms with E-state index < -0.39 is 5.97 Å². The van der Waals surface area contributed by atoms with Gasteiger partial charge in [0.25, 0.3) is 0 Å². The Balaban J connectivity index is 1.48. The predicted octanol–water partition coefficient (Wildman–Crippen LogP) is 6.33. The quantitative estimate of drug-likeness (QED) is 0.301. The number of nitrogens with one attached hydrogen (secondary N) is 1. The summed E-state index contributed by atoms with van der Waals surface area (Å²) >= 11 is 4.62. The molecule has 4 rings (SSSR count). The van der Waals surface area contributed by atoms with Crippen molar-refractivity contribution < 1.29 is 19.1 Å². The first-order valence-electron chi connectivity index (χ1n) is 9.32. The number of aryl methyl sites for hydroxylation is 1. The van der Waals surface area contributed by atoms with Gasteiger partial charge in [-0.2, -0.15) is 0 Å². The van der Waals surface area contributed by atoms with Gasteiger partial charge in [-0.3, -0.25) is 4.79 Å². The van der Waals surface area contributed by atoms with Gasteiger partial charge in [-0.05, 0) is 23.3 Å². The van der Waals surface area contributed by atoms with E-state index in [-0.39, 0.29) is 17.9 Å². The Morgan fingerprint density at radius 1 is 1.10 bits per heavy atom. The van der Waals surface area contributed by atoms with Crippen LogP contribution >= 0.6 is 27.3 Å². The zero-order valence-corrected chi connectivity index (χ0v) is 18.3. The molecule has 2 aromatic heterocycles. The molecular weight excluding hydrogens is 466 g/mol. The molecule has 0 atom stereocenters. The second kappa shape index (κ2) is 8.85. The number of benzene rings is 2. The number of carboxylic acids is 1. The summed E-state index contributed by atoms with van der Waals surface area (Å²) < 4.78 is 5.74. The minimum absolute atomic E-state index is 0.115. The summed E-state index contributed by atoms with van der Waals surface area (Å²) in [7, 11) is 0. The van der Waals surface area contributed by atoms with E-state index in [1.807, 2.05) is 54.6 Å². The van der Waals surface area contributed by atoms with Crippen LogP contribution < -0.4 is 5.32 Å². The molecule has 152 valence electrons. The lowest BCUT2D eigenvalue weighted by atomic mass is 10.0. The molecule has 0 saturated heterocycles. The third-order valence-corrected chi connectivity index (χ3v) is 6.30. The highest BCUT2D eigenvalue weighted by molar-refractivity contribution is 9.08. The van der Waals surface area contributed by atoms with E-state index in [0.717, 1.165) is 33.2 Å². The van der Waals surface area contributed by atoms with Gasteiger partial charge in [0, 0.05) is 34.5 Å². The minimum atomic E-state index is -1.07. The van der Waals surface area contributed by atoms with E-state index in [0.29, 0.717) is 17.0 Å². The van der Waals surface area contributed by atoms with Crippen LogP contribution in [0.25, 0.3) is 22.1 Å². The monoisotopic (exact) mass is 483 g/mol. The van der Waals surface area contributed by atoms with Crippen LogP contribution in [-0.2, 0) is 16.5 Å². The molecule has 0 spiro atoms. The summed E-state index contributed by atoms with van der Waals surface area (Å²) in [5.41, 5.74) is 3.40. The van der Waals surface area contributed by atoms with Crippen LogP contribution in [0.4, 0.5) is 5.00 Å². The number of furan rings is 1. The van der Waals surface area contributed by atoms with E-state index in [2.05, 4.69) is 21.2 Å². The number of fused-ring (bicyclic) bond motifs is 1. The summed E-state index contributed by atoms with van der Waals surface area (Å²) in [5, 5.41) is 16.3. The number of anilines is 1. The molecule has 0 saturated carbocycles. The smallest absolute Gasteiger partial charge is 0.339 e. The Morgan fingerprint density at radius 3 is 2.57 bits per heavy atom. The van der Waals surface area contributed by atoms with Crippen molar-refractivity contribution >= 4 is 55.1 Å². The molecule has 0 radical (unpaired) electrons. The molecule has 0 bridgehead atoms. The number of hydrogen-bond acceptors (Lipinski definition) is 4. The summed E-state index contributed by atoms with van der Waals surface area (Å²) in [6, 6.07) is 17.3. The number of rotatable bonds is 7. The number of thiophene rings is 1. The average molecular weight is 484 g/mol. The normalized spacial score (nSPS) is 11.0. The van der Waals surface area contributed by atoms with Gasteiger partial charge in [-0.25, -0.2) is 4.79 Å². The number of alkyl halides is 1. The second-order valence-corrected chi connectivity index (χ2v) is 8.23. The van der Waals surface area contributed by atoms with Crippen molar-refractivity contribution in [2.75, 3.05) is 5.32 Å². The fraction of sp³-hybridized carbons (Fsp3) is 0.130. The van der Waals surface area contributed by atoms with Crippen LogP contribution in [0.15, 0.2) is 64.4 Å². The Hall–Kier alpha value is -2.90. The Kier molecular flexibility index (Phi) is 6.01. The molecule has 30 heavy (non-hydrogen) atoms. The molecule has 0 fully saturated rings.